The van der Waals surface area contributed by atoms with Gasteiger partial charge in [-0.3, -0.25) is 4.79 Å². The molecule has 1 heterocycles. The van der Waals surface area contributed by atoms with Gasteiger partial charge in [-0.1, -0.05) is 19.3 Å². The van der Waals surface area contributed by atoms with E-state index in [1.807, 2.05) is 0 Å². The fraction of sp³-hybridized carbons (Fsp3) is 0.889. The van der Waals surface area contributed by atoms with Gasteiger partial charge in [-0.25, -0.2) is 4.79 Å². The molecule has 1 N–H and O–H groups in total. The Morgan fingerprint density at radius 3 is 2.67 bits per heavy atom. The number of hydrogen-bond acceptors (Lipinski definition) is 4. The quantitative estimate of drug-likeness (QED) is 0.724. The first kappa shape index (κ1) is 19.0. The molecule has 2 aliphatic rings. The molecule has 0 aromatic rings. The first-order valence-corrected chi connectivity index (χ1v) is 9.51. The number of ether oxygens (including phenoxy) is 2. The monoisotopic (exact) mass is 340 g/mol. The Morgan fingerprint density at radius 1 is 1.12 bits per heavy atom. The second-order valence-corrected chi connectivity index (χ2v) is 6.76. The molecule has 0 radical (unpaired) electrons. The van der Waals surface area contributed by atoms with Gasteiger partial charge in [-0.15, -0.1) is 0 Å². The van der Waals surface area contributed by atoms with Gasteiger partial charge in [0.15, 0.2) is 0 Å². The molecule has 2 fully saturated rings. The summed E-state index contributed by atoms with van der Waals surface area (Å²) < 4.78 is 10.9. The van der Waals surface area contributed by atoms with Crippen molar-refractivity contribution in [3.8, 4) is 0 Å². The van der Waals surface area contributed by atoms with Crippen LogP contribution in [0, 0.1) is 5.92 Å². The molecule has 6 heteroatoms. The van der Waals surface area contributed by atoms with Gasteiger partial charge >= 0.3 is 6.09 Å². The van der Waals surface area contributed by atoms with Crippen molar-refractivity contribution >= 4 is 12.0 Å². The highest BCUT2D eigenvalue weighted by Crippen LogP contribution is 2.20. The maximum absolute atomic E-state index is 12.3. The summed E-state index contributed by atoms with van der Waals surface area (Å²) in [5, 5.41) is 2.98. The van der Waals surface area contributed by atoms with E-state index in [9.17, 15) is 9.59 Å². The lowest BCUT2D eigenvalue weighted by molar-refractivity contribution is -0.126. The van der Waals surface area contributed by atoms with Crippen molar-refractivity contribution < 1.29 is 19.1 Å². The van der Waals surface area contributed by atoms with E-state index in [4.69, 9.17) is 9.47 Å². The van der Waals surface area contributed by atoms with Crippen LogP contribution in [0.4, 0.5) is 4.79 Å². The molecule has 0 aromatic heterocycles. The molecule has 1 saturated heterocycles. The molecule has 1 saturated carbocycles. The molecule has 0 spiro atoms. The number of nitrogens with zero attached hydrogens (tertiary/aromatic N) is 1. The van der Waals surface area contributed by atoms with Crippen LogP contribution >= 0.6 is 0 Å². The van der Waals surface area contributed by atoms with Crippen molar-refractivity contribution in [3.63, 3.8) is 0 Å². The molecule has 24 heavy (non-hydrogen) atoms. The van der Waals surface area contributed by atoms with Crippen LogP contribution in [0.15, 0.2) is 0 Å². The van der Waals surface area contributed by atoms with Crippen molar-refractivity contribution in [3.05, 3.63) is 0 Å². The van der Waals surface area contributed by atoms with Gasteiger partial charge in [0.2, 0.25) is 5.91 Å². The van der Waals surface area contributed by atoms with E-state index in [1.165, 1.54) is 32.1 Å². The zero-order valence-corrected chi connectivity index (χ0v) is 14.9. The Morgan fingerprint density at radius 2 is 1.92 bits per heavy atom. The molecular weight excluding hydrogens is 308 g/mol. The number of nitrogens with one attached hydrogen (secondary N) is 1. The van der Waals surface area contributed by atoms with Gasteiger partial charge in [0.1, 0.15) is 0 Å². The topological polar surface area (TPSA) is 67.9 Å². The Labute approximate surface area is 145 Å². The van der Waals surface area contributed by atoms with Crippen LogP contribution < -0.4 is 5.32 Å². The van der Waals surface area contributed by atoms with Crippen molar-refractivity contribution in [2.75, 3.05) is 32.8 Å². The molecular formula is C18H32N2O4. The van der Waals surface area contributed by atoms with Gasteiger partial charge in [0, 0.05) is 26.2 Å². The molecule has 2 rings (SSSR count). The number of likely N-dealkylation sites (tertiary alicyclic amines) is 1. The molecule has 1 aliphatic carbocycles. The summed E-state index contributed by atoms with van der Waals surface area (Å²) in [5.41, 5.74) is 0. The van der Waals surface area contributed by atoms with Crippen LogP contribution in [0.25, 0.3) is 0 Å². The standard InChI is InChI=1S/C18H32N2O4/c1-2-23-18(22)20-12-6-8-15(14-20)17(21)19-11-7-13-24-16-9-4-3-5-10-16/h15-16H,2-14H2,1H3,(H,19,21). The summed E-state index contributed by atoms with van der Waals surface area (Å²) >= 11 is 0. The minimum atomic E-state index is -0.309. The number of carbonyl (C=O) groups is 2. The van der Waals surface area contributed by atoms with Crippen molar-refractivity contribution in [2.24, 2.45) is 5.92 Å². The fourth-order valence-electron chi connectivity index (χ4n) is 3.48. The molecule has 0 aromatic carbocycles. The maximum Gasteiger partial charge on any atom is 0.409 e. The molecule has 0 bridgehead atoms. The zero-order valence-electron chi connectivity index (χ0n) is 14.9. The molecule has 1 unspecified atom stereocenters. The van der Waals surface area contributed by atoms with Crippen LogP contribution in [0.3, 0.4) is 0 Å². The normalized spacial score (nSPS) is 22.2. The van der Waals surface area contributed by atoms with E-state index in [1.54, 1.807) is 11.8 Å². The summed E-state index contributed by atoms with van der Waals surface area (Å²) in [5.74, 6) is -0.0796. The predicted molar refractivity (Wildman–Crippen MR) is 91.8 cm³/mol. The first-order valence-electron chi connectivity index (χ1n) is 9.51. The minimum Gasteiger partial charge on any atom is -0.450 e. The number of piperidine rings is 1. The lowest BCUT2D eigenvalue weighted by atomic mass is 9.97. The SMILES string of the molecule is CCOC(=O)N1CCCC(C(=O)NCCCOC2CCCCC2)C1. The molecule has 1 atom stereocenters. The van der Waals surface area contributed by atoms with E-state index in [0.29, 0.717) is 39.0 Å². The highest BCUT2D eigenvalue weighted by Gasteiger charge is 2.28. The van der Waals surface area contributed by atoms with Gasteiger partial charge in [-0.2, -0.15) is 0 Å². The Kier molecular flexibility index (Phi) is 8.36. The summed E-state index contributed by atoms with van der Waals surface area (Å²) in [6.45, 7) is 4.65. The molecule has 1 aliphatic heterocycles. The van der Waals surface area contributed by atoms with Gasteiger partial charge in [-0.05, 0) is 39.0 Å². The Balaban J connectivity index is 1.58. The number of rotatable bonds is 7. The summed E-state index contributed by atoms with van der Waals surface area (Å²) in [6.07, 6.45) is 8.89. The second-order valence-electron chi connectivity index (χ2n) is 6.76. The highest BCUT2D eigenvalue weighted by molar-refractivity contribution is 5.79. The molecule has 138 valence electrons. The average Bonchev–Trinajstić information content (AvgIpc) is 2.62. The molecule has 6 nitrogen and oxygen atoms in total. The van der Waals surface area contributed by atoms with Crippen LogP contribution in [-0.2, 0) is 14.3 Å². The van der Waals surface area contributed by atoms with E-state index < -0.39 is 0 Å². The first-order chi connectivity index (χ1) is 11.7. The molecule has 2 amide bonds. The van der Waals surface area contributed by atoms with Crippen molar-refractivity contribution in [1.82, 2.24) is 10.2 Å². The maximum atomic E-state index is 12.3. The fourth-order valence-corrected chi connectivity index (χ4v) is 3.48. The second kappa shape index (κ2) is 10.5. The third-order valence-corrected chi connectivity index (χ3v) is 4.84. The summed E-state index contributed by atoms with van der Waals surface area (Å²) in [7, 11) is 0. The lowest BCUT2D eigenvalue weighted by Crippen LogP contribution is -2.45. The summed E-state index contributed by atoms with van der Waals surface area (Å²) in [6, 6.07) is 0. The number of carbonyl (C=O) groups excluding carboxylic acids is 2. The number of hydrogen-bond donors (Lipinski definition) is 1. The van der Waals surface area contributed by atoms with Crippen LogP contribution in [0.2, 0.25) is 0 Å². The Hall–Kier alpha value is -1.30. The number of amides is 2. The smallest absolute Gasteiger partial charge is 0.409 e. The van der Waals surface area contributed by atoms with E-state index >= 15 is 0 Å². The minimum absolute atomic E-state index is 0.0432. The lowest BCUT2D eigenvalue weighted by Gasteiger charge is -2.31. The van der Waals surface area contributed by atoms with E-state index in [0.717, 1.165) is 19.3 Å². The van der Waals surface area contributed by atoms with Gasteiger partial charge < -0.3 is 19.7 Å². The van der Waals surface area contributed by atoms with Crippen LogP contribution in [0.1, 0.15) is 58.3 Å². The van der Waals surface area contributed by atoms with E-state index in [2.05, 4.69) is 5.32 Å². The zero-order chi connectivity index (χ0) is 17.2. The highest BCUT2D eigenvalue weighted by atomic mass is 16.6. The van der Waals surface area contributed by atoms with Crippen LogP contribution in [-0.4, -0.2) is 55.9 Å². The predicted octanol–water partition coefficient (Wildman–Crippen LogP) is 2.71. The Bertz CT molecular complexity index is 396. The van der Waals surface area contributed by atoms with Crippen LogP contribution in [0.5, 0.6) is 0 Å². The van der Waals surface area contributed by atoms with Crippen molar-refractivity contribution in [1.29, 1.82) is 0 Å². The third kappa shape index (κ3) is 6.30. The van der Waals surface area contributed by atoms with E-state index in [-0.39, 0.29) is 17.9 Å². The largest absolute Gasteiger partial charge is 0.450 e. The van der Waals surface area contributed by atoms with Gasteiger partial charge in [0.25, 0.3) is 0 Å². The summed E-state index contributed by atoms with van der Waals surface area (Å²) in [4.78, 5) is 25.7. The third-order valence-electron chi connectivity index (χ3n) is 4.84. The van der Waals surface area contributed by atoms with Gasteiger partial charge in [0.05, 0.1) is 18.6 Å². The average molecular weight is 340 g/mol. The van der Waals surface area contributed by atoms with Crippen molar-refractivity contribution in [2.45, 2.75) is 64.4 Å².